The van der Waals surface area contributed by atoms with Gasteiger partial charge < -0.3 is 9.88 Å². The van der Waals surface area contributed by atoms with E-state index in [1.165, 1.54) is 0 Å². The normalized spacial score (nSPS) is 12.0. The second-order valence-electron chi connectivity index (χ2n) is 4.91. The first-order valence-corrected chi connectivity index (χ1v) is 8.64. The summed E-state index contributed by atoms with van der Waals surface area (Å²) in [5.41, 5.74) is 2.52. The zero-order valence-corrected chi connectivity index (χ0v) is 14.2. The predicted octanol–water partition coefficient (Wildman–Crippen LogP) is 2.78. The molecule has 0 aliphatic heterocycles. The van der Waals surface area contributed by atoms with Gasteiger partial charge in [-0.15, -0.1) is 10.2 Å². The Morgan fingerprint density at radius 1 is 1.38 bits per heavy atom. The van der Waals surface area contributed by atoms with Crippen LogP contribution < -0.4 is 4.90 Å². The molecule has 0 atom stereocenters. The van der Waals surface area contributed by atoms with E-state index in [0.717, 1.165) is 11.3 Å². The maximum Gasteiger partial charge on any atom is 0.397 e. The molecular formula is C14H19N5O4S. The Hall–Kier alpha value is -2.30. The number of aromatic nitrogens is 2. The summed E-state index contributed by atoms with van der Waals surface area (Å²) in [5.74, 6) is 0.427. The number of nitrogens with zero attached hydrogens (tertiary/aromatic N) is 4. The molecule has 130 valence electrons. The van der Waals surface area contributed by atoms with E-state index in [4.69, 9.17) is 4.55 Å². The number of azo groups is 1. The molecule has 0 saturated carbocycles. The van der Waals surface area contributed by atoms with Crippen LogP contribution in [0, 0.1) is 6.92 Å². The molecule has 0 unspecified atom stereocenters. The number of aromatic amines is 1. The van der Waals surface area contributed by atoms with Crippen molar-refractivity contribution in [3.63, 3.8) is 0 Å². The maximum atomic E-state index is 10.6. The molecule has 0 spiro atoms. The van der Waals surface area contributed by atoms with Crippen LogP contribution in [0.1, 0.15) is 12.5 Å². The van der Waals surface area contributed by atoms with Crippen molar-refractivity contribution in [2.24, 2.45) is 10.2 Å². The van der Waals surface area contributed by atoms with Gasteiger partial charge in [0.25, 0.3) is 0 Å². The SMILES string of the molecule is CCN(CCOS(=O)(=O)O)c1ccc(/N=N/c2ncc[nH]2)c(C)c1. The Morgan fingerprint density at radius 3 is 2.75 bits per heavy atom. The summed E-state index contributed by atoms with van der Waals surface area (Å²) < 4.78 is 34.1. The minimum Gasteiger partial charge on any atom is -0.369 e. The number of hydrogen-bond acceptors (Lipinski definition) is 7. The molecule has 24 heavy (non-hydrogen) atoms. The molecule has 1 aromatic heterocycles. The number of hydrogen-bond donors (Lipinski definition) is 2. The number of H-pyrrole nitrogens is 1. The van der Waals surface area contributed by atoms with Crippen LogP contribution in [0.5, 0.6) is 0 Å². The smallest absolute Gasteiger partial charge is 0.369 e. The van der Waals surface area contributed by atoms with Gasteiger partial charge in [0.05, 0.1) is 12.3 Å². The molecule has 0 bridgehead atoms. The van der Waals surface area contributed by atoms with E-state index >= 15 is 0 Å². The molecule has 1 heterocycles. The number of rotatable bonds is 8. The summed E-state index contributed by atoms with van der Waals surface area (Å²) in [5, 5.41) is 8.14. The fourth-order valence-corrected chi connectivity index (χ4v) is 2.37. The largest absolute Gasteiger partial charge is 0.397 e. The van der Waals surface area contributed by atoms with Crippen molar-refractivity contribution in [1.82, 2.24) is 9.97 Å². The quantitative estimate of drug-likeness (QED) is 0.556. The predicted molar refractivity (Wildman–Crippen MR) is 89.3 cm³/mol. The Bertz CT molecular complexity index is 790. The topological polar surface area (TPSA) is 120 Å². The monoisotopic (exact) mass is 353 g/mol. The van der Waals surface area contributed by atoms with Gasteiger partial charge in [0.15, 0.2) is 0 Å². The molecular weight excluding hydrogens is 334 g/mol. The van der Waals surface area contributed by atoms with Gasteiger partial charge in [-0.25, -0.2) is 9.17 Å². The molecule has 0 radical (unpaired) electrons. The third-order valence-electron chi connectivity index (χ3n) is 3.26. The van der Waals surface area contributed by atoms with Crippen LogP contribution in [0.4, 0.5) is 17.3 Å². The van der Waals surface area contributed by atoms with Crippen molar-refractivity contribution >= 4 is 27.7 Å². The highest BCUT2D eigenvalue weighted by Crippen LogP contribution is 2.26. The standard InChI is InChI=1S/C14H19N5O4S/c1-3-19(8-9-23-24(20,21)22)12-4-5-13(11(2)10-12)17-18-14-15-6-7-16-14/h4-7,10H,3,8-9H2,1-2H3,(H,15,16)(H,20,21,22)/b18-17+. The van der Waals surface area contributed by atoms with Crippen molar-refractivity contribution in [1.29, 1.82) is 0 Å². The average Bonchev–Trinajstić information content (AvgIpc) is 3.03. The summed E-state index contributed by atoms with van der Waals surface area (Å²) >= 11 is 0. The highest BCUT2D eigenvalue weighted by molar-refractivity contribution is 7.80. The lowest BCUT2D eigenvalue weighted by Gasteiger charge is -2.23. The number of likely N-dealkylation sites (N-methyl/N-ethyl adjacent to an activating group) is 1. The summed E-state index contributed by atoms with van der Waals surface area (Å²) in [6, 6.07) is 5.61. The second kappa shape index (κ2) is 7.99. The van der Waals surface area contributed by atoms with Crippen LogP contribution in [0.2, 0.25) is 0 Å². The second-order valence-corrected chi connectivity index (χ2v) is 6.00. The van der Waals surface area contributed by atoms with Crippen LogP contribution in [0.25, 0.3) is 0 Å². The third-order valence-corrected chi connectivity index (χ3v) is 3.72. The fraction of sp³-hybridized carbons (Fsp3) is 0.357. The minimum absolute atomic E-state index is 0.133. The molecule has 0 saturated heterocycles. The zero-order valence-electron chi connectivity index (χ0n) is 13.4. The van der Waals surface area contributed by atoms with Crippen molar-refractivity contribution in [3.8, 4) is 0 Å². The Balaban J connectivity index is 2.06. The lowest BCUT2D eigenvalue weighted by molar-refractivity contribution is 0.274. The number of imidazole rings is 1. The Morgan fingerprint density at radius 2 is 2.17 bits per heavy atom. The van der Waals surface area contributed by atoms with Crippen LogP contribution in [0.3, 0.4) is 0 Å². The van der Waals surface area contributed by atoms with Crippen LogP contribution in [-0.2, 0) is 14.6 Å². The molecule has 0 amide bonds. The van der Waals surface area contributed by atoms with E-state index in [1.54, 1.807) is 12.4 Å². The molecule has 2 aromatic rings. The zero-order chi connectivity index (χ0) is 17.6. The molecule has 10 heteroatoms. The first-order chi connectivity index (χ1) is 11.4. The highest BCUT2D eigenvalue weighted by atomic mass is 32.3. The van der Waals surface area contributed by atoms with Crippen molar-refractivity contribution < 1.29 is 17.2 Å². The molecule has 0 aliphatic carbocycles. The van der Waals surface area contributed by atoms with Crippen LogP contribution in [0.15, 0.2) is 40.8 Å². The van der Waals surface area contributed by atoms with Gasteiger partial charge in [0.2, 0.25) is 5.95 Å². The van der Waals surface area contributed by atoms with Gasteiger partial charge in [0, 0.05) is 31.2 Å². The average molecular weight is 353 g/mol. The third kappa shape index (κ3) is 5.41. The van der Waals surface area contributed by atoms with Crippen molar-refractivity contribution in [2.75, 3.05) is 24.6 Å². The summed E-state index contributed by atoms with van der Waals surface area (Å²) in [7, 11) is -4.42. The van der Waals surface area contributed by atoms with Gasteiger partial charge in [0.1, 0.15) is 0 Å². The fourth-order valence-electron chi connectivity index (χ4n) is 2.08. The minimum atomic E-state index is -4.42. The molecule has 1 aromatic carbocycles. The number of benzene rings is 1. The number of anilines is 1. The lowest BCUT2D eigenvalue weighted by Crippen LogP contribution is -2.28. The molecule has 0 fully saturated rings. The van der Waals surface area contributed by atoms with E-state index in [9.17, 15) is 8.42 Å². The van der Waals surface area contributed by atoms with Crippen molar-refractivity contribution in [3.05, 3.63) is 36.2 Å². The summed E-state index contributed by atoms with van der Waals surface area (Å²) in [6.45, 7) is 4.69. The molecule has 2 rings (SSSR count). The molecule has 2 N–H and O–H groups in total. The van der Waals surface area contributed by atoms with Crippen molar-refractivity contribution in [2.45, 2.75) is 13.8 Å². The lowest BCUT2D eigenvalue weighted by atomic mass is 10.1. The molecule has 0 aliphatic rings. The number of aryl methyl sites for hydroxylation is 1. The van der Waals surface area contributed by atoms with Gasteiger partial charge in [-0.1, -0.05) is 0 Å². The van der Waals surface area contributed by atoms with Gasteiger partial charge in [-0.05, 0) is 37.6 Å². The van der Waals surface area contributed by atoms with Crippen LogP contribution >= 0.6 is 0 Å². The van der Waals surface area contributed by atoms with E-state index in [2.05, 4.69) is 24.4 Å². The van der Waals surface area contributed by atoms with E-state index in [-0.39, 0.29) is 6.61 Å². The summed E-state index contributed by atoms with van der Waals surface area (Å²) in [6.07, 6.45) is 3.26. The molecule has 9 nitrogen and oxygen atoms in total. The van der Waals surface area contributed by atoms with Gasteiger partial charge in [-0.3, -0.25) is 4.55 Å². The van der Waals surface area contributed by atoms with Crippen LogP contribution in [-0.4, -0.2) is 42.6 Å². The van der Waals surface area contributed by atoms with E-state index < -0.39 is 10.4 Å². The summed E-state index contributed by atoms with van der Waals surface area (Å²) in [4.78, 5) is 8.73. The first-order valence-electron chi connectivity index (χ1n) is 7.27. The van der Waals surface area contributed by atoms with E-state index in [1.807, 2.05) is 36.9 Å². The van der Waals surface area contributed by atoms with Gasteiger partial charge >= 0.3 is 10.4 Å². The first kappa shape index (κ1) is 18.0. The Labute approximate surface area is 140 Å². The number of nitrogens with one attached hydrogen (secondary N) is 1. The van der Waals surface area contributed by atoms with Gasteiger partial charge in [-0.2, -0.15) is 8.42 Å². The van der Waals surface area contributed by atoms with E-state index in [0.29, 0.717) is 24.7 Å². The maximum absolute atomic E-state index is 10.6. The highest BCUT2D eigenvalue weighted by Gasteiger charge is 2.09. The Kier molecular flexibility index (Phi) is 6.01.